The molecule has 0 amide bonds. The Kier molecular flexibility index (Phi) is 14.5. The summed E-state index contributed by atoms with van der Waals surface area (Å²) in [7, 11) is 0. The first-order chi connectivity index (χ1) is 10.6. The van der Waals surface area contributed by atoms with Crippen molar-refractivity contribution in [1.82, 2.24) is 4.90 Å². The zero-order valence-corrected chi connectivity index (χ0v) is 16.7. The van der Waals surface area contributed by atoms with E-state index < -0.39 is 0 Å². The molecule has 0 saturated heterocycles. The van der Waals surface area contributed by atoms with E-state index in [-0.39, 0.29) is 0 Å². The molecule has 0 radical (unpaired) electrons. The third-order valence-electron chi connectivity index (χ3n) is 6.02. The normalized spacial score (nSPS) is 12.3. The molecule has 22 heavy (non-hydrogen) atoms. The highest BCUT2D eigenvalue weighted by Gasteiger charge is 2.13. The van der Waals surface area contributed by atoms with Crippen LogP contribution in [-0.4, -0.2) is 24.5 Å². The zero-order chi connectivity index (χ0) is 16.8. The largest absolute Gasteiger partial charge is 0.303 e. The minimum absolute atomic E-state index is 0.934. The summed E-state index contributed by atoms with van der Waals surface area (Å²) in [6, 6.07) is 0. The standard InChI is InChI=1S/C21H45N/c1-7-19(8-2)13-16-22(17-14-20(9-3)10-4)18-15-21(11-5)12-6/h19-21H,7-18H2,1-6H3. The number of rotatable bonds is 15. The lowest BCUT2D eigenvalue weighted by molar-refractivity contribution is 0.210. The van der Waals surface area contributed by atoms with Gasteiger partial charge < -0.3 is 4.90 Å². The zero-order valence-electron chi connectivity index (χ0n) is 16.7. The predicted octanol–water partition coefficient (Wildman–Crippen LogP) is 6.77. The van der Waals surface area contributed by atoms with Crippen molar-refractivity contribution in [2.45, 2.75) is 99.3 Å². The van der Waals surface area contributed by atoms with Gasteiger partial charge >= 0.3 is 0 Å². The maximum absolute atomic E-state index is 2.79. The highest BCUT2D eigenvalue weighted by atomic mass is 15.1. The van der Waals surface area contributed by atoms with E-state index in [1.54, 1.807) is 0 Å². The quantitative estimate of drug-likeness (QED) is 0.322. The molecule has 0 fully saturated rings. The van der Waals surface area contributed by atoms with Crippen molar-refractivity contribution >= 4 is 0 Å². The molecule has 134 valence electrons. The third-order valence-corrected chi connectivity index (χ3v) is 6.02. The highest BCUT2D eigenvalue weighted by molar-refractivity contribution is 4.67. The van der Waals surface area contributed by atoms with Crippen molar-refractivity contribution in [2.75, 3.05) is 19.6 Å². The second kappa shape index (κ2) is 14.5. The summed E-state index contributed by atoms with van der Waals surface area (Å²) in [6.07, 6.45) is 12.3. The lowest BCUT2D eigenvalue weighted by Gasteiger charge is -2.27. The summed E-state index contributed by atoms with van der Waals surface area (Å²) in [5, 5.41) is 0. The fourth-order valence-corrected chi connectivity index (χ4v) is 3.52. The SMILES string of the molecule is CCC(CC)CCN(CCC(CC)CC)CCC(CC)CC. The fourth-order valence-electron chi connectivity index (χ4n) is 3.52. The van der Waals surface area contributed by atoms with E-state index in [1.807, 2.05) is 0 Å². The van der Waals surface area contributed by atoms with E-state index in [4.69, 9.17) is 0 Å². The van der Waals surface area contributed by atoms with Gasteiger partial charge in [-0.25, -0.2) is 0 Å². The van der Waals surface area contributed by atoms with Gasteiger partial charge in [-0.2, -0.15) is 0 Å². The van der Waals surface area contributed by atoms with Crippen molar-refractivity contribution in [3.63, 3.8) is 0 Å². The van der Waals surface area contributed by atoms with Crippen LogP contribution in [0, 0.1) is 17.8 Å². The fraction of sp³-hybridized carbons (Fsp3) is 1.00. The molecule has 0 aromatic rings. The Morgan fingerprint density at radius 3 is 0.864 bits per heavy atom. The molecule has 0 aliphatic heterocycles. The van der Waals surface area contributed by atoms with Crippen LogP contribution in [0.25, 0.3) is 0 Å². The predicted molar refractivity (Wildman–Crippen MR) is 103 cm³/mol. The molecule has 0 bridgehead atoms. The molecule has 1 heteroatoms. The Morgan fingerprint density at radius 2 is 0.682 bits per heavy atom. The molecule has 0 aromatic heterocycles. The van der Waals surface area contributed by atoms with E-state index >= 15 is 0 Å². The summed E-state index contributed by atoms with van der Waals surface area (Å²) in [4.78, 5) is 2.79. The number of hydrogen-bond donors (Lipinski definition) is 0. The first-order valence-corrected chi connectivity index (χ1v) is 10.4. The first kappa shape index (κ1) is 22.0. The average Bonchev–Trinajstić information content (AvgIpc) is 2.56. The minimum Gasteiger partial charge on any atom is -0.303 e. The van der Waals surface area contributed by atoms with Gasteiger partial charge in [0.25, 0.3) is 0 Å². The van der Waals surface area contributed by atoms with Crippen LogP contribution in [-0.2, 0) is 0 Å². The second-order valence-electron chi connectivity index (χ2n) is 7.26. The topological polar surface area (TPSA) is 3.24 Å². The van der Waals surface area contributed by atoms with Crippen LogP contribution in [0.2, 0.25) is 0 Å². The molecule has 0 atom stereocenters. The second-order valence-corrected chi connectivity index (χ2v) is 7.26. The summed E-state index contributed by atoms with van der Waals surface area (Å²) in [6.45, 7) is 18.1. The van der Waals surface area contributed by atoms with Gasteiger partial charge in [0.1, 0.15) is 0 Å². The van der Waals surface area contributed by atoms with Crippen LogP contribution in [0.1, 0.15) is 99.3 Å². The number of hydrogen-bond acceptors (Lipinski definition) is 1. The summed E-state index contributed by atoms with van der Waals surface area (Å²) >= 11 is 0. The van der Waals surface area contributed by atoms with Crippen LogP contribution in [0.5, 0.6) is 0 Å². The van der Waals surface area contributed by atoms with Crippen LogP contribution in [0.3, 0.4) is 0 Å². The van der Waals surface area contributed by atoms with Gasteiger partial charge in [0, 0.05) is 0 Å². The minimum atomic E-state index is 0.934. The molecule has 1 nitrogen and oxygen atoms in total. The molecule has 0 spiro atoms. The van der Waals surface area contributed by atoms with E-state index in [0.717, 1.165) is 17.8 Å². The smallest absolute Gasteiger partial charge is 0.00161 e. The first-order valence-electron chi connectivity index (χ1n) is 10.4. The van der Waals surface area contributed by atoms with E-state index in [2.05, 4.69) is 46.4 Å². The summed E-state index contributed by atoms with van der Waals surface area (Å²) in [5.41, 5.74) is 0. The van der Waals surface area contributed by atoms with Crippen molar-refractivity contribution in [2.24, 2.45) is 17.8 Å². The average molecular weight is 312 g/mol. The Morgan fingerprint density at radius 1 is 0.455 bits per heavy atom. The lowest BCUT2D eigenvalue weighted by atomic mass is 9.96. The highest BCUT2D eigenvalue weighted by Crippen LogP contribution is 2.18. The van der Waals surface area contributed by atoms with Gasteiger partial charge in [0.2, 0.25) is 0 Å². The van der Waals surface area contributed by atoms with Crippen molar-refractivity contribution in [3.8, 4) is 0 Å². The number of nitrogens with zero attached hydrogens (tertiary/aromatic N) is 1. The molecule has 0 heterocycles. The Labute approximate surface area is 142 Å². The molecule has 0 unspecified atom stereocenters. The molecule has 0 aliphatic rings. The van der Waals surface area contributed by atoms with E-state index in [0.29, 0.717) is 0 Å². The van der Waals surface area contributed by atoms with Crippen molar-refractivity contribution < 1.29 is 0 Å². The molecule has 0 aromatic carbocycles. The van der Waals surface area contributed by atoms with Gasteiger partial charge in [-0.05, 0) is 56.7 Å². The van der Waals surface area contributed by atoms with Gasteiger partial charge in [-0.3, -0.25) is 0 Å². The van der Waals surface area contributed by atoms with Crippen LogP contribution in [0.15, 0.2) is 0 Å². The van der Waals surface area contributed by atoms with Crippen molar-refractivity contribution in [3.05, 3.63) is 0 Å². The maximum Gasteiger partial charge on any atom is -0.00161 e. The molecule has 0 aliphatic carbocycles. The Bertz CT molecular complexity index is 176. The van der Waals surface area contributed by atoms with Gasteiger partial charge in [-0.15, -0.1) is 0 Å². The third kappa shape index (κ3) is 9.87. The monoisotopic (exact) mass is 311 g/mol. The maximum atomic E-state index is 2.79. The Hall–Kier alpha value is -0.0400. The molecule has 0 rings (SSSR count). The van der Waals surface area contributed by atoms with Gasteiger partial charge in [0.05, 0.1) is 0 Å². The van der Waals surface area contributed by atoms with E-state index in [1.165, 1.54) is 77.4 Å². The lowest BCUT2D eigenvalue weighted by Crippen LogP contribution is -2.30. The van der Waals surface area contributed by atoms with Gasteiger partial charge in [0.15, 0.2) is 0 Å². The molecule has 0 saturated carbocycles. The van der Waals surface area contributed by atoms with Crippen LogP contribution < -0.4 is 0 Å². The molecular formula is C21H45N. The van der Waals surface area contributed by atoms with Crippen molar-refractivity contribution in [1.29, 1.82) is 0 Å². The Balaban J connectivity index is 4.34. The molecular weight excluding hydrogens is 266 g/mol. The van der Waals surface area contributed by atoms with Crippen LogP contribution in [0.4, 0.5) is 0 Å². The van der Waals surface area contributed by atoms with Crippen LogP contribution >= 0.6 is 0 Å². The molecule has 0 N–H and O–H groups in total. The summed E-state index contributed by atoms with van der Waals surface area (Å²) < 4.78 is 0. The summed E-state index contributed by atoms with van der Waals surface area (Å²) in [5.74, 6) is 2.80. The van der Waals surface area contributed by atoms with Gasteiger partial charge in [-0.1, -0.05) is 80.1 Å². The van der Waals surface area contributed by atoms with E-state index in [9.17, 15) is 0 Å².